The number of piperidine rings is 1. The second kappa shape index (κ2) is 9.62. The third-order valence-electron chi connectivity index (χ3n) is 5.60. The lowest BCUT2D eigenvalue weighted by atomic mass is 9.82. The van der Waals surface area contributed by atoms with Crippen LogP contribution in [0.2, 0.25) is 0 Å². The highest BCUT2D eigenvalue weighted by Crippen LogP contribution is 2.33. The summed E-state index contributed by atoms with van der Waals surface area (Å²) < 4.78 is 27.7. The number of benzene rings is 2. The Kier molecular flexibility index (Phi) is 7.12. The molecule has 1 heterocycles. The number of nitrogens with one attached hydrogen (secondary N) is 2. The van der Waals surface area contributed by atoms with Crippen LogP contribution < -0.4 is 10.6 Å². The van der Waals surface area contributed by atoms with Crippen molar-refractivity contribution >= 4 is 27.5 Å². The van der Waals surface area contributed by atoms with Crippen molar-refractivity contribution in [3.63, 3.8) is 0 Å². The molecule has 2 aromatic carbocycles. The van der Waals surface area contributed by atoms with Gasteiger partial charge >= 0.3 is 0 Å². The number of carbonyl (C=O) groups is 2. The van der Waals surface area contributed by atoms with E-state index < -0.39 is 15.4 Å². The van der Waals surface area contributed by atoms with Crippen LogP contribution in [0.15, 0.2) is 59.5 Å². The highest BCUT2D eigenvalue weighted by molar-refractivity contribution is 7.89. The average Bonchev–Trinajstić information content (AvgIpc) is 2.78. The minimum absolute atomic E-state index is 0.129. The van der Waals surface area contributed by atoms with Gasteiger partial charge in [-0.15, -0.1) is 0 Å². The van der Waals surface area contributed by atoms with Gasteiger partial charge in [-0.05, 0) is 49.6 Å². The number of carbonyl (C=O) groups excluding carboxylic acids is 2. The van der Waals surface area contributed by atoms with Crippen LogP contribution in [0.4, 0.5) is 5.69 Å². The van der Waals surface area contributed by atoms with E-state index in [0.717, 1.165) is 5.56 Å². The van der Waals surface area contributed by atoms with Gasteiger partial charge in [0, 0.05) is 31.7 Å². The van der Waals surface area contributed by atoms with E-state index in [1.54, 1.807) is 19.1 Å². The Morgan fingerprint density at radius 1 is 1.06 bits per heavy atom. The number of anilines is 1. The summed E-state index contributed by atoms with van der Waals surface area (Å²) in [4.78, 5) is 24.6. The fourth-order valence-electron chi connectivity index (χ4n) is 3.68. The van der Waals surface area contributed by atoms with Crippen LogP contribution in [0.5, 0.6) is 0 Å². The second-order valence-electron chi connectivity index (χ2n) is 8.10. The molecule has 2 N–H and O–H groups in total. The smallest absolute Gasteiger partial charge is 0.243 e. The number of nitrogens with zero attached hydrogens (tertiary/aromatic N) is 1. The van der Waals surface area contributed by atoms with Gasteiger partial charge in [0.05, 0.1) is 10.3 Å². The maximum Gasteiger partial charge on any atom is 0.243 e. The molecule has 166 valence electrons. The van der Waals surface area contributed by atoms with E-state index in [0.29, 0.717) is 38.0 Å². The normalized spacial score (nSPS) is 19.5. The van der Waals surface area contributed by atoms with Crippen LogP contribution in [0.3, 0.4) is 0 Å². The van der Waals surface area contributed by atoms with E-state index in [1.807, 2.05) is 37.3 Å². The molecule has 0 bridgehead atoms. The van der Waals surface area contributed by atoms with E-state index >= 15 is 0 Å². The highest BCUT2D eigenvalue weighted by Gasteiger charge is 2.41. The fourth-order valence-corrected chi connectivity index (χ4v) is 5.29. The monoisotopic (exact) mass is 443 g/mol. The molecule has 1 aliphatic heterocycles. The van der Waals surface area contributed by atoms with Gasteiger partial charge in [0.15, 0.2) is 0 Å². The Bertz CT molecular complexity index is 1020. The van der Waals surface area contributed by atoms with E-state index in [4.69, 9.17) is 0 Å². The summed E-state index contributed by atoms with van der Waals surface area (Å²) in [6, 6.07) is 15.8. The van der Waals surface area contributed by atoms with Crippen LogP contribution in [-0.4, -0.2) is 37.6 Å². The lowest BCUT2D eigenvalue weighted by Gasteiger charge is -2.38. The zero-order valence-electron chi connectivity index (χ0n) is 17.9. The first-order valence-corrected chi connectivity index (χ1v) is 11.9. The Labute approximate surface area is 183 Å². The topological polar surface area (TPSA) is 95.6 Å². The third kappa shape index (κ3) is 5.51. The van der Waals surface area contributed by atoms with Gasteiger partial charge in [0.2, 0.25) is 21.8 Å². The summed E-state index contributed by atoms with van der Waals surface area (Å²) in [7, 11) is -3.74. The van der Waals surface area contributed by atoms with Gasteiger partial charge in [-0.25, -0.2) is 8.42 Å². The van der Waals surface area contributed by atoms with Gasteiger partial charge in [-0.3, -0.25) is 9.59 Å². The minimum atomic E-state index is -3.74. The lowest BCUT2D eigenvalue weighted by Crippen LogP contribution is -2.51. The summed E-state index contributed by atoms with van der Waals surface area (Å²) in [5.41, 5.74) is 0.749. The SMILES string of the molecule is CCC(=O)Nc1ccc(S(=O)(=O)N2CCC[C@](C)(C(=O)NCc3ccccc3)C2)cc1. The van der Waals surface area contributed by atoms with Crippen molar-refractivity contribution in [2.45, 2.75) is 44.6 Å². The fraction of sp³-hybridized carbons (Fsp3) is 0.391. The summed E-state index contributed by atoms with van der Waals surface area (Å²) in [5.74, 6) is -0.280. The van der Waals surface area contributed by atoms with Crippen LogP contribution in [-0.2, 0) is 26.2 Å². The Morgan fingerprint density at radius 3 is 2.39 bits per heavy atom. The molecule has 0 unspecified atom stereocenters. The van der Waals surface area contributed by atoms with E-state index in [1.165, 1.54) is 16.4 Å². The molecule has 0 spiro atoms. The molecule has 0 saturated carbocycles. The van der Waals surface area contributed by atoms with Crippen molar-refractivity contribution in [1.82, 2.24) is 9.62 Å². The Balaban J connectivity index is 1.69. The van der Waals surface area contributed by atoms with Crippen LogP contribution in [0.25, 0.3) is 0 Å². The first-order valence-electron chi connectivity index (χ1n) is 10.5. The molecule has 1 atom stereocenters. The van der Waals surface area contributed by atoms with Crippen LogP contribution >= 0.6 is 0 Å². The number of sulfonamides is 1. The summed E-state index contributed by atoms with van der Waals surface area (Å²) in [5, 5.41) is 5.66. The van der Waals surface area contributed by atoms with Gasteiger partial charge in [-0.2, -0.15) is 4.31 Å². The summed E-state index contributed by atoms with van der Waals surface area (Å²) in [6.45, 7) is 4.48. The largest absolute Gasteiger partial charge is 0.352 e. The van der Waals surface area contributed by atoms with Crippen molar-refractivity contribution in [2.75, 3.05) is 18.4 Å². The molecular formula is C23H29N3O4S. The maximum atomic E-state index is 13.2. The molecule has 2 amide bonds. The zero-order valence-corrected chi connectivity index (χ0v) is 18.7. The summed E-state index contributed by atoms with van der Waals surface area (Å²) in [6.07, 6.45) is 1.58. The predicted octanol–water partition coefficient (Wildman–Crippen LogP) is 3.14. The lowest BCUT2D eigenvalue weighted by molar-refractivity contribution is -0.132. The standard InChI is InChI=1S/C23H29N3O4S/c1-3-21(27)25-19-10-12-20(13-11-19)31(29,30)26-15-7-14-23(2,17-26)22(28)24-16-18-8-5-4-6-9-18/h4-6,8-13H,3,7,14-17H2,1-2H3,(H,24,28)(H,25,27)/t23-/m0/s1. The molecule has 1 saturated heterocycles. The summed E-state index contributed by atoms with van der Waals surface area (Å²) >= 11 is 0. The van der Waals surface area contributed by atoms with Gasteiger partial charge in [0.1, 0.15) is 0 Å². The average molecular weight is 444 g/mol. The van der Waals surface area contributed by atoms with E-state index in [2.05, 4.69) is 10.6 Å². The Morgan fingerprint density at radius 2 is 1.74 bits per heavy atom. The quantitative estimate of drug-likeness (QED) is 0.687. The molecule has 0 aliphatic carbocycles. The van der Waals surface area contributed by atoms with Crippen LogP contribution in [0.1, 0.15) is 38.7 Å². The first-order chi connectivity index (χ1) is 14.7. The molecular weight excluding hydrogens is 414 g/mol. The molecule has 0 aromatic heterocycles. The molecule has 3 rings (SSSR count). The van der Waals surface area contributed by atoms with E-state index in [9.17, 15) is 18.0 Å². The molecule has 31 heavy (non-hydrogen) atoms. The molecule has 1 aliphatic rings. The number of rotatable bonds is 7. The highest BCUT2D eigenvalue weighted by atomic mass is 32.2. The van der Waals surface area contributed by atoms with Crippen molar-refractivity contribution in [3.8, 4) is 0 Å². The number of hydrogen-bond acceptors (Lipinski definition) is 4. The number of amides is 2. The van der Waals surface area contributed by atoms with Crippen LogP contribution in [0, 0.1) is 5.41 Å². The molecule has 1 fully saturated rings. The zero-order chi connectivity index (χ0) is 22.5. The second-order valence-corrected chi connectivity index (χ2v) is 10.0. The third-order valence-corrected chi connectivity index (χ3v) is 7.46. The molecule has 7 nitrogen and oxygen atoms in total. The minimum Gasteiger partial charge on any atom is -0.352 e. The van der Waals surface area contributed by atoms with E-state index in [-0.39, 0.29) is 23.3 Å². The van der Waals surface area contributed by atoms with Crippen molar-refractivity contribution in [2.24, 2.45) is 5.41 Å². The Hall–Kier alpha value is -2.71. The van der Waals surface area contributed by atoms with Crippen molar-refractivity contribution < 1.29 is 18.0 Å². The molecule has 8 heteroatoms. The molecule has 2 aromatic rings. The predicted molar refractivity (Wildman–Crippen MR) is 120 cm³/mol. The van der Waals surface area contributed by atoms with Crippen molar-refractivity contribution in [1.29, 1.82) is 0 Å². The first kappa shape index (κ1) is 23.0. The van der Waals surface area contributed by atoms with Gasteiger partial charge in [0.25, 0.3) is 0 Å². The van der Waals surface area contributed by atoms with Crippen molar-refractivity contribution in [3.05, 3.63) is 60.2 Å². The molecule has 0 radical (unpaired) electrons. The number of hydrogen-bond donors (Lipinski definition) is 2. The maximum absolute atomic E-state index is 13.2. The van der Waals surface area contributed by atoms with Gasteiger partial charge in [-0.1, -0.05) is 37.3 Å². The van der Waals surface area contributed by atoms with Gasteiger partial charge < -0.3 is 10.6 Å².